The zero-order chi connectivity index (χ0) is 11.2. The molecular formula is C12H19N3O. The highest BCUT2D eigenvalue weighted by molar-refractivity contribution is 4.88. The smallest absolute Gasteiger partial charge is 0.141 e. The topological polar surface area (TPSA) is 47.0 Å². The summed E-state index contributed by atoms with van der Waals surface area (Å²) in [6, 6.07) is 1.83. The van der Waals surface area contributed by atoms with Crippen LogP contribution in [-0.4, -0.2) is 29.2 Å². The van der Waals surface area contributed by atoms with Gasteiger partial charge in [-0.05, 0) is 24.8 Å². The molecule has 1 saturated heterocycles. The highest BCUT2D eigenvalue weighted by Crippen LogP contribution is 2.22. The van der Waals surface area contributed by atoms with Crippen LogP contribution in [0.25, 0.3) is 0 Å². The number of hydrogen-bond acceptors (Lipinski definition) is 4. The fraction of sp³-hybridized carbons (Fsp3) is 0.667. The lowest BCUT2D eigenvalue weighted by Crippen LogP contribution is -2.28. The van der Waals surface area contributed by atoms with Gasteiger partial charge in [0.15, 0.2) is 0 Å². The predicted octanol–water partition coefficient (Wildman–Crippen LogP) is 1.38. The Morgan fingerprint density at radius 1 is 1.44 bits per heavy atom. The molecule has 0 bridgehead atoms. The molecule has 4 nitrogen and oxygen atoms in total. The van der Waals surface area contributed by atoms with E-state index in [4.69, 9.17) is 4.74 Å². The quantitative estimate of drug-likeness (QED) is 0.816. The zero-order valence-corrected chi connectivity index (χ0v) is 9.72. The van der Waals surface area contributed by atoms with Crippen molar-refractivity contribution in [2.24, 2.45) is 5.92 Å². The molecule has 2 heterocycles. The number of rotatable bonds is 5. The molecule has 4 heteroatoms. The fourth-order valence-electron chi connectivity index (χ4n) is 2.17. The Bertz CT molecular complexity index is 304. The second-order valence-corrected chi connectivity index (χ2v) is 4.16. The van der Waals surface area contributed by atoms with Crippen molar-refractivity contribution in [1.29, 1.82) is 0 Å². The third-order valence-electron chi connectivity index (χ3n) is 3.06. The van der Waals surface area contributed by atoms with Gasteiger partial charge in [0.1, 0.15) is 5.82 Å². The maximum Gasteiger partial charge on any atom is 0.141 e. The molecule has 2 atom stereocenters. The van der Waals surface area contributed by atoms with Gasteiger partial charge in [-0.25, -0.2) is 9.97 Å². The molecule has 1 aliphatic heterocycles. The first-order chi connectivity index (χ1) is 7.90. The average molecular weight is 221 g/mol. The largest absolute Gasteiger partial charge is 0.378 e. The molecule has 0 amide bonds. The molecule has 0 aliphatic carbocycles. The number of ether oxygens (including phenoxy) is 1. The molecule has 16 heavy (non-hydrogen) atoms. The molecule has 2 rings (SSSR count). The summed E-state index contributed by atoms with van der Waals surface area (Å²) < 4.78 is 5.65. The number of nitrogens with one attached hydrogen (secondary N) is 1. The van der Waals surface area contributed by atoms with E-state index in [1.54, 1.807) is 12.4 Å². The van der Waals surface area contributed by atoms with Gasteiger partial charge in [-0.15, -0.1) is 0 Å². The summed E-state index contributed by atoms with van der Waals surface area (Å²) in [6.45, 7) is 4.83. The van der Waals surface area contributed by atoms with Gasteiger partial charge in [0.05, 0.1) is 12.6 Å². The van der Waals surface area contributed by atoms with Gasteiger partial charge in [-0.3, -0.25) is 0 Å². The maximum absolute atomic E-state index is 5.65. The van der Waals surface area contributed by atoms with Crippen LogP contribution in [0.3, 0.4) is 0 Å². The Balaban J connectivity index is 1.72. The normalized spacial score (nSPS) is 24.8. The van der Waals surface area contributed by atoms with E-state index in [2.05, 4.69) is 22.2 Å². The maximum atomic E-state index is 5.65. The summed E-state index contributed by atoms with van der Waals surface area (Å²) in [5.41, 5.74) is 0. The summed E-state index contributed by atoms with van der Waals surface area (Å²) in [7, 11) is 0. The molecule has 1 aromatic rings. The van der Waals surface area contributed by atoms with Crippen molar-refractivity contribution in [3.63, 3.8) is 0 Å². The van der Waals surface area contributed by atoms with Crippen LogP contribution in [0, 0.1) is 5.92 Å². The van der Waals surface area contributed by atoms with Crippen molar-refractivity contribution in [2.75, 3.05) is 13.2 Å². The SMILES string of the molecule is CCC1OCCC1CNCc1ncccn1. The minimum absolute atomic E-state index is 0.434. The van der Waals surface area contributed by atoms with Crippen LogP contribution in [0.4, 0.5) is 0 Å². The van der Waals surface area contributed by atoms with Crippen molar-refractivity contribution < 1.29 is 4.74 Å². The molecule has 1 fully saturated rings. The number of nitrogens with zero attached hydrogens (tertiary/aromatic N) is 2. The Morgan fingerprint density at radius 2 is 2.25 bits per heavy atom. The van der Waals surface area contributed by atoms with Crippen LogP contribution < -0.4 is 5.32 Å². The van der Waals surface area contributed by atoms with Crippen LogP contribution in [0.1, 0.15) is 25.6 Å². The lowest BCUT2D eigenvalue weighted by molar-refractivity contribution is 0.0872. The Kier molecular flexibility index (Phi) is 4.25. The molecule has 88 valence electrons. The van der Waals surface area contributed by atoms with Crippen LogP contribution in [0.5, 0.6) is 0 Å². The van der Waals surface area contributed by atoms with Crippen LogP contribution in [0.2, 0.25) is 0 Å². The Hall–Kier alpha value is -1.00. The second-order valence-electron chi connectivity index (χ2n) is 4.16. The fourth-order valence-corrected chi connectivity index (χ4v) is 2.17. The van der Waals surface area contributed by atoms with Crippen molar-refractivity contribution in [3.8, 4) is 0 Å². The van der Waals surface area contributed by atoms with Crippen LogP contribution in [-0.2, 0) is 11.3 Å². The first kappa shape index (κ1) is 11.5. The standard InChI is InChI=1S/C12H19N3O/c1-2-11-10(4-7-16-11)8-13-9-12-14-5-3-6-15-12/h3,5-6,10-11,13H,2,4,7-9H2,1H3. The molecule has 2 unspecified atom stereocenters. The highest BCUT2D eigenvalue weighted by atomic mass is 16.5. The molecule has 0 spiro atoms. The van der Waals surface area contributed by atoms with E-state index in [1.807, 2.05) is 6.07 Å². The summed E-state index contributed by atoms with van der Waals surface area (Å²) >= 11 is 0. The van der Waals surface area contributed by atoms with Crippen molar-refractivity contribution >= 4 is 0 Å². The van der Waals surface area contributed by atoms with Crippen molar-refractivity contribution in [3.05, 3.63) is 24.3 Å². The van der Waals surface area contributed by atoms with Gasteiger partial charge in [0.25, 0.3) is 0 Å². The number of hydrogen-bond donors (Lipinski definition) is 1. The van der Waals surface area contributed by atoms with E-state index in [9.17, 15) is 0 Å². The predicted molar refractivity (Wildman–Crippen MR) is 61.9 cm³/mol. The van der Waals surface area contributed by atoms with Crippen molar-refractivity contribution in [1.82, 2.24) is 15.3 Å². The third-order valence-corrected chi connectivity index (χ3v) is 3.06. The minimum Gasteiger partial charge on any atom is -0.378 e. The zero-order valence-electron chi connectivity index (χ0n) is 9.72. The van der Waals surface area contributed by atoms with E-state index in [1.165, 1.54) is 6.42 Å². The van der Waals surface area contributed by atoms with Gasteiger partial charge < -0.3 is 10.1 Å². The first-order valence-electron chi connectivity index (χ1n) is 5.98. The lowest BCUT2D eigenvalue weighted by Gasteiger charge is -2.16. The summed E-state index contributed by atoms with van der Waals surface area (Å²) in [4.78, 5) is 8.35. The van der Waals surface area contributed by atoms with Gasteiger partial charge in [-0.2, -0.15) is 0 Å². The molecule has 0 saturated carbocycles. The van der Waals surface area contributed by atoms with Crippen LogP contribution in [0.15, 0.2) is 18.5 Å². The summed E-state index contributed by atoms with van der Waals surface area (Å²) in [5, 5.41) is 3.40. The molecule has 1 aromatic heterocycles. The summed E-state index contributed by atoms with van der Waals surface area (Å²) in [5.74, 6) is 1.50. The average Bonchev–Trinajstić information content (AvgIpc) is 2.78. The van der Waals surface area contributed by atoms with E-state index in [0.29, 0.717) is 12.0 Å². The monoisotopic (exact) mass is 221 g/mol. The first-order valence-corrected chi connectivity index (χ1v) is 5.98. The van der Waals surface area contributed by atoms with Gasteiger partial charge in [0.2, 0.25) is 0 Å². The molecule has 1 aliphatic rings. The Labute approximate surface area is 96.4 Å². The van der Waals surface area contributed by atoms with Gasteiger partial charge >= 0.3 is 0 Å². The van der Waals surface area contributed by atoms with E-state index in [-0.39, 0.29) is 0 Å². The van der Waals surface area contributed by atoms with Crippen LogP contribution >= 0.6 is 0 Å². The van der Waals surface area contributed by atoms with Gasteiger partial charge in [-0.1, -0.05) is 6.92 Å². The molecule has 1 N–H and O–H groups in total. The highest BCUT2D eigenvalue weighted by Gasteiger charge is 2.25. The molecule has 0 radical (unpaired) electrons. The van der Waals surface area contributed by atoms with E-state index in [0.717, 1.165) is 31.9 Å². The summed E-state index contributed by atoms with van der Waals surface area (Å²) in [6.07, 6.45) is 6.26. The van der Waals surface area contributed by atoms with E-state index < -0.39 is 0 Å². The molecule has 0 aromatic carbocycles. The minimum atomic E-state index is 0.434. The lowest BCUT2D eigenvalue weighted by atomic mass is 10.00. The molecular weight excluding hydrogens is 202 g/mol. The number of aromatic nitrogens is 2. The third kappa shape index (κ3) is 3.00. The second kappa shape index (κ2) is 5.92. The Morgan fingerprint density at radius 3 is 3.00 bits per heavy atom. The van der Waals surface area contributed by atoms with E-state index >= 15 is 0 Å². The van der Waals surface area contributed by atoms with Crippen molar-refractivity contribution in [2.45, 2.75) is 32.4 Å². The van der Waals surface area contributed by atoms with Gasteiger partial charge in [0, 0.05) is 25.5 Å².